The molecule has 0 saturated heterocycles. The molecule has 0 bridgehead atoms. The van der Waals surface area contributed by atoms with E-state index < -0.39 is 11.6 Å². The lowest BCUT2D eigenvalue weighted by molar-refractivity contribution is 0.383. The van der Waals surface area contributed by atoms with Crippen molar-refractivity contribution < 1.29 is 13.2 Å². The first-order valence-electron chi connectivity index (χ1n) is 8.71. The highest BCUT2D eigenvalue weighted by Gasteiger charge is 2.19. The van der Waals surface area contributed by atoms with Crippen LogP contribution >= 0.6 is 24.0 Å². The van der Waals surface area contributed by atoms with Crippen LogP contribution in [0.5, 0.6) is 0 Å². The zero-order chi connectivity index (χ0) is 19.2. The molecule has 0 fully saturated rings. The number of aliphatic imine (C=N–C) groups is 1. The molecule has 8 heteroatoms. The summed E-state index contributed by atoms with van der Waals surface area (Å²) >= 11 is 0. The molecule has 0 saturated carbocycles. The van der Waals surface area contributed by atoms with Gasteiger partial charge in [-0.15, -0.1) is 24.0 Å². The van der Waals surface area contributed by atoms with E-state index in [0.717, 1.165) is 5.76 Å². The second-order valence-electron chi connectivity index (χ2n) is 6.94. The average molecular weight is 492 g/mol. The van der Waals surface area contributed by atoms with Gasteiger partial charge in [0.2, 0.25) is 5.89 Å². The molecule has 1 heterocycles. The maximum atomic E-state index is 13.7. The maximum absolute atomic E-state index is 13.7. The van der Waals surface area contributed by atoms with E-state index in [0.29, 0.717) is 24.9 Å². The van der Waals surface area contributed by atoms with Gasteiger partial charge in [-0.25, -0.2) is 18.8 Å². The Bertz CT molecular complexity index is 736. The minimum atomic E-state index is -0.539. The van der Waals surface area contributed by atoms with Gasteiger partial charge in [-0.1, -0.05) is 26.8 Å². The Morgan fingerprint density at radius 1 is 1.19 bits per heavy atom. The Labute approximate surface area is 176 Å². The lowest BCUT2D eigenvalue weighted by Gasteiger charge is -2.13. The summed E-state index contributed by atoms with van der Waals surface area (Å²) in [6.45, 7) is 9.38. The monoisotopic (exact) mass is 492 g/mol. The highest BCUT2D eigenvalue weighted by Crippen LogP contribution is 2.22. The van der Waals surface area contributed by atoms with Crippen LogP contribution in [0.15, 0.2) is 33.8 Å². The van der Waals surface area contributed by atoms with E-state index >= 15 is 0 Å². The molecule has 0 aliphatic carbocycles. The van der Waals surface area contributed by atoms with Crippen molar-refractivity contribution in [2.45, 2.75) is 46.1 Å². The summed E-state index contributed by atoms with van der Waals surface area (Å²) in [5, 5.41) is 6.15. The predicted octanol–water partition coefficient (Wildman–Crippen LogP) is 4.17. The molecule has 0 radical (unpaired) electrons. The zero-order valence-electron chi connectivity index (χ0n) is 16.1. The van der Waals surface area contributed by atoms with Gasteiger partial charge in [0.05, 0.1) is 6.20 Å². The molecule has 27 heavy (non-hydrogen) atoms. The molecule has 0 atom stereocenters. The summed E-state index contributed by atoms with van der Waals surface area (Å²) < 4.78 is 33.0. The van der Waals surface area contributed by atoms with Crippen molar-refractivity contribution in [2.75, 3.05) is 13.1 Å². The molecular formula is C19H27F2IN4O. The second-order valence-corrected chi connectivity index (χ2v) is 6.94. The number of halogens is 3. The number of nitrogens with zero attached hydrogens (tertiary/aromatic N) is 2. The van der Waals surface area contributed by atoms with Crippen LogP contribution in [0.4, 0.5) is 8.78 Å². The first kappa shape index (κ1) is 23.3. The molecule has 2 rings (SSSR count). The van der Waals surface area contributed by atoms with E-state index in [4.69, 9.17) is 4.42 Å². The van der Waals surface area contributed by atoms with E-state index in [-0.39, 0.29) is 47.9 Å². The van der Waals surface area contributed by atoms with Crippen LogP contribution in [0.1, 0.15) is 44.9 Å². The van der Waals surface area contributed by atoms with Crippen LogP contribution < -0.4 is 10.6 Å². The van der Waals surface area contributed by atoms with E-state index in [1.54, 1.807) is 6.20 Å². The Balaban J connectivity index is 0.00000364. The topological polar surface area (TPSA) is 62.5 Å². The van der Waals surface area contributed by atoms with Crippen LogP contribution in [0.25, 0.3) is 0 Å². The van der Waals surface area contributed by atoms with Crippen molar-refractivity contribution in [3.63, 3.8) is 0 Å². The molecule has 2 N–H and O–H groups in total. The van der Waals surface area contributed by atoms with Gasteiger partial charge >= 0.3 is 0 Å². The Hall–Kier alpha value is -1.71. The summed E-state index contributed by atoms with van der Waals surface area (Å²) in [4.78, 5) is 8.64. The second kappa shape index (κ2) is 10.6. The van der Waals surface area contributed by atoms with E-state index in [1.165, 1.54) is 18.2 Å². The maximum Gasteiger partial charge on any atom is 0.216 e. The molecule has 0 amide bonds. The fraction of sp³-hybridized carbons (Fsp3) is 0.474. The number of hydrogen-bond acceptors (Lipinski definition) is 3. The standard InChI is InChI=1S/C19H26F2N4O.HI/c1-5-22-18(23-10-9-13-14(20)7-6-8-15(13)21)25-12-17-24-11-16(26-17)19(2,3)4;/h6-8,11H,5,9-10,12H2,1-4H3,(H2,22,23,25);1H. The van der Waals surface area contributed by atoms with E-state index in [9.17, 15) is 8.78 Å². The number of hydrogen-bond donors (Lipinski definition) is 2. The largest absolute Gasteiger partial charge is 0.443 e. The van der Waals surface area contributed by atoms with E-state index in [2.05, 4.69) is 20.6 Å². The first-order valence-corrected chi connectivity index (χ1v) is 8.71. The fourth-order valence-corrected chi connectivity index (χ4v) is 2.30. The normalized spacial score (nSPS) is 11.9. The molecule has 0 aliphatic rings. The molecule has 0 aliphatic heterocycles. The lowest BCUT2D eigenvalue weighted by Crippen LogP contribution is -2.38. The number of nitrogens with one attached hydrogen (secondary N) is 2. The summed E-state index contributed by atoms with van der Waals surface area (Å²) in [5.41, 5.74) is -0.0416. The van der Waals surface area contributed by atoms with Crippen molar-refractivity contribution in [3.05, 3.63) is 53.2 Å². The van der Waals surface area contributed by atoms with E-state index in [1.807, 2.05) is 27.7 Å². The molecule has 0 unspecified atom stereocenters. The number of rotatable bonds is 6. The van der Waals surface area contributed by atoms with Gasteiger partial charge < -0.3 is 15.1 Å². The highest BCUT2D eigenvalue weighted by molar-refractivity contribution is 14.0. The Morgan fingerprint density at radius 3 is 2.41 bits per heavy atom. The van der Waals surface area contributed by atoms with Crippen molar-refractivity contribution in [3.8, 4) is 0 Å². The van der Waals surface area contributed by atoms with Crippen LogP contribution in [0.2, 0.25) is 0 Å². The molecule has 1 aromatic carbocycles. The number of benzene rings is 1. The molecule has 150 valence electrons. The summed E-state index contributed by atoms with van der Waals surface area (Å²) in [7, 11) is 0. The van der Waals surface area contributed by atoms with Gasteiger partial charge in [0.1, 0.15) is 23.9 Å². The molecule has 1 aromatic heterocycles. The van der Waals surface area contributed by atoms with Gasteiger partial charge in [0, 0.05) is 24.1 Å². The SMILES string of the molecule is CCNC(=NCc1ncc(C(C)(C)C)o1)NCCc1c(F)cccc1F.I. The summed E-state index contributed by atoms with van der Waals surface area (Å²) in [5.74, 6) is 0.786. The average Bonchev–Trinajstić information content (AvgIpc) is 3.04. The van der Waals surface area contributed by atoms with Gasteiger partial charge in [-0.3, -0.25) is 0 Å². The summed E-state index contributed by atoms with van der Waals surface area (Å²) in [6.07, 6.45) is 1.93. The fourth-order valence-electron chi connectivity index (χ4n) is 2.30. The van der Waals surface area contributed by atoms with Crippen LogP contribution in [0.3, 0.4) is 0 Å². The quantitative estimate of drug-likeness (QED) is 0.361. The first-order chi connectivity index (χ1) is 12.3. The zero-order valence-corrected chi connectivity index (χ0v) is 18.4. The van der Waals surface area contributed by atoms with Gasteiger partial charge in [0.25, 0.3) is 0 Å². The van der Waals surface area contributed by atoms with Crippen LogP contribution in [-0.4, -0.2) is 24.0 Å². The molecule has 5 nitrogen and oxygen atoms in total. The van der Waals surface area contributed by atoms with Crippen LogP contribution in [0, 0.1) is 11.6 Å². The van der Waals surface area contributed by atoms with Crippen molar-refractivity contribution in [2.24, 2.45) is 4.99 Å². The Kier molecular flexibility index (Phi) is 9.14. The third-order valence-corrected chi connectivity index (χ3v) is 3.74. The number of aromatic nitrogens is 1. The highest BCUT2D eigenvalue weighted by atomic mass is 127. The van der Waals surface area contributed by atoms with Gasteiger partial charge in [-0.2, -0.15) is 0 Å². The van der Waals surface area contributed by atoms with Gasteiger partial charge in [-0.05, 0) is 25.5 Å². The third kappa shape index (κ3) is 7.08. The minimum Gasteiger partial charge on any atom is -0.443 e. The van der Waals surface area contributed by atoms with Crippen molar-refractivity contribution >= 4 is 29.9 Å². The molecule has 0 spiro atoms. The lowest BCUT2D eigenvalue weighted by atomic mass is 9.94. The minimum absolute atomic E-state index is 0. The van der Waals surface area contributed by atoms with Crippen LogP contribution in [-0.2, 0) is 18.4 Å². The third-order valence-electron chi connectivity index (χ3n) is 3.74. The number of oxazole rings is 1. The number of guanidine groups is 1. The smallest absolute Gasteiger partial charge is 0.216 e. The molecule has 2 aromatic rings. The predicted molar refractivity (Wildman–Crippen MR) is 113 cm³/mol. The van der Waals surface area contributed by atoms with Gasteiger partial charge in [0.15, 0.2) is 5.96 Å². The Morgan fingerprint density at radius 2 is 1.85 bits per heavy atom. The summed E-state index contributed by atoms with van der Waals surface area (Å²) in [6, 6.07) is 3.87. The van der Waals surface area contributed by atoms with Crippen molar-refractivity contribution in [1.29, 1.82) is 0 Å². The molecular weight excluding hydrogens is 465 g/mol. The van der Waals surface area contributed by atoms with Crippen molar-refractivity contribution in [1.82, 2.24) is 15.6 Å².